The molecule has 1 N–H and O–H groups in total. The predicted octanol–water partition coefficient (Wildman–Crippen LogP) is 4.94. The van der Waals surface area contributed by atoms with E-state index in [4.69, 9.17) is 19.6 Å². The molecule has 2 aliphatic rings. The van der Waals surface area contributed by atoms with Crippen LogP contribution in [0.2, 0.25) is 0 Å². The quantitative estimate of drug-likeness (QED) is 0.718. The van der Waals surface area contributed by atoms with Gasteiger partial charge in [-0.15, -0.1) is 0 Å². The highest BCUT2D eigenvalue weighted by molar-refractivity contribution is 5.90. The molecule has 2 saturated heterocycles. The molecule has 7 heteroatoms. The van der Waals surface area contributed by atoms with Crippen LogP contribution in [-0.4, -0.2) is 18.8 Å². The van der Waals surface area contributed by atoms with Crippen molar-refractivity contribution < 1.29 is 14.2 Å². The van der Waals surface area contributed by atoms with Crippen molar-refractivity contribution in [2.75, 3.05) is 7.11 Å². The first kappa shape index (κ1) is 22.3. The van der Waals surface area contributed by atoms with Gasteiger partial charge in [-0.25, -0.2) is 0 Å². The smallest absolute Gasteiger partial charge is 0.219 e. The van der Waals surface area contributed by atoms with E-state index in [9.17, 15) is 15.8 Å². The second-order valence-corrected chi connectivity index (χ2v) is 8.89. The number of nitrogens with zero attached hydrogens (tertiary/aromatic N) is 3. The Morgan fingerprint density at radius 1 is 1.00 bits per heavy atom. The van der Waals surface area contributed by atoms with E-state index in [0.717, 1.165) is 5.56 Å². The zero-order chi connectivity index (χ0) is 24.0. The summed E-state index contributed by atoms with van der Waals surface area (Å²) < 4.78 is 17.8. The van der Waals surface area contributed by atoms with Crippen LogP contribution in [0.5, 0.6) is 5.75 Å². The summed E-state index contributed by atoms with van der Waals surface area (Å²) in [6.45, 7) is 5.78. The first-order valence-electron chi connectivity index (χ1n) is 10.7. The van der Waals surface area contributed by atoms with Crippen molar-refractivity contribution in [1.82, 2.24) is 0 Å². The van der Waals surface area contributed by atoms with Gasteiger partial charge in [0.05, 0.1) is 31.2 Å². The van der Waals surface area contributed by atoms with E-state index in [-0.39, 0.29) is 0 Å². The molecule has 2 heterocycles. The molecule has 4 rings (SSSR count). The molecule has 2 aromatic carbocycles. The van der Waals surface area contributed by atoms with Crippen molar-refractivity contribution in [1.29, 1.82) is 21.2 Å². The molecule has 0 amide bonds. The van der Waals surface area contributed by atoms with Gasteiger partial charge in [-0.2, -0.15) is 15.8 Å². The summed E-state index contributed by atoms with van der Waals surface area (Å²) in [4.78, 5) is 0. The average molecular weight is 441 g/mol. The van der Waals surface area contributed by atoms with E-state index in [2.05, 4.69) is 32.1 Å². The summed E-state index contributed by atoms with van der Waals surface area (Å²) in [5, 5.41) is 40.1. The summed E-state index contributed by atoms with van der Waals surface area (Å²) in [5.41, 5.74) is -1.76. The van der Waals surface area contributed by atoms with E-state index >= 15 is 0 Å². The van der Waals surface area contributed by atoms with Crippen LogP contribution in [0.15, 0.2) is 48.5 Å². The third-order valence-corrected chi connectivity index (χ3v) is 6.87. The van der Waals surface area contributed by atoms with Gasteiger partial charge < -0.3 is 14.2 Å². The summed E-state index contributed by atoms with van der Waals surface area (Å²) >= 11 is 0. The highest BCUT2D eigenvalue weighted by Gasteiger charge is 2.80. The first-order chi connectivity index (χ1) is 15.7. The molecule has 2 aliphatic heterocycles. The molecule has 0 aliphatic carbocycles. The van der Waals surface area contributed by atoms with Crippen molar-refractivity contribution in [3.63, 3.8) is 0 Å². The lowest BCUT2D eigenvalue weighted by Crippen LogP contribution is -2.57. The van der Waals surface area contributed by atoms with E-state index in [0.29, 0.717) is 22.8 Å². The molecule has 4 unspecified atom stereocenters. The summed E-state index contributed by atoms with van der Waals surface area (Å²) in [5.74, 6) is -2.11. The molecule has 7 nitrogen and oxygen atoms in total. The van der Waals surface area contributed by atoms with Gasteiger partial charge in [-0.1, -0.05) is 56.3 Å². The van der Waals surface area contributed by atoms with Crippen LogP contribution in [0.25, 0.3) is 0 Å². The minimum atomic E-state index is -2.04. The highest BCUT2D eigenvalue weighted by Crippen LogP contribution is 2.70. The number of hydrogen-bond acceptors (Lipinski definition) is 7. The average Bonchev–Trinajstić information content (AvgIpc) is 3.01. The third-order valence-electron chi connectivity index (χ3n) is 6.87. The SMILES string of the molecule is COc1ccccc1C1C2(C)OC(=N)C1(C#N)C(C#N)(C#N)C(c1ccc(C(C)C)cc1)O2. The fraction of sp³-hybridized carbons (Fsp3) is 0.385. The van der Waals surface area contributed by atoms with Crippen molar-refractivity contribution in [3.05, 3.63) is 65.2 Å². The molecule has 2 fully saturated rings. The van der Waals surface area contributed by atoms with Gasteiger partial charge in [-0.3, -0.25) is 5.41 Å². The van der Waals surface area contributed by atoms with Gasteiger partial charge in [0.25, 0.3) is 0 Å². The Balaban J connectivity index is 2.00. The third kappa shape index (κ3) is 2.78. The molecule has 4 atom stereocenters. The zero-order valence-electron chi connectivity index (χ0n) is 18.9. The van der Waals surface area contributed by atoms with Crippen LogP contribution in [-0.2, 0) is 9.47 Å². The number of methoxy groups -OCH3 is 1. The molecule has 0 aromatic heterocycles. The van der Waals surface area contributed by atoms with Gasteiger partial charge in [0, 0.05) is 12.5 Å². The van der Waals surface area contributed by atoms with Crippen LogP contribution < -0.4 is 4.74 Å². The summed E-state index contributed by atoms with van der Waals surface area (Å²) in [6, 6.07) is 20.8. The molecule has 2 aromatic rings. The number of nitrogens with one attached hydrogen (secondary N) is 1. The second kappa shape index (κ2) is 7.62. The van der Waals surface area contributed by atoms with Crippen LogP contribution in [0, 0.1) is 50.2 Å². The van der Waals surface area contributed by atoms with Gasteiger partial charge in [0.1, 0.15) is 11.9 Å². The molecular formula is C26H24N4O3. The van der Waals surface area contributed by atoms with Crippen molar-refractivity contribution in [2.45, 2.75) is 44.5 Å². The van der Waals surface area contributed by atoms with Crippen LogP contribution in [0.3, 0.4) is 0 Å². The first-order valence-corrected chi connectivity index (χ1v) is 10.7. The standard InChI is InChI=1S/C26H24N4O3/c1-16(2)17-9-11-18(12-10-17)22-25(13-27,14-28)26(15-29)21(24(3,32-22)33-23(26)30)19-7-5-6-8-20(19)31-4/h5-12,16,21-22,30H,1-4H3. The maximum absolute atomic E-state index is 10.6. The van der Waals surface area contributed by atoms with Gasteiger partial charge in [0.2, 0.25) is 17.1 Å². The largest absolute Gasteiger partial charge is 0.496 e. The van der Waals surface area contributed by atoms with Gasteiger partial charge >= 0.3 is 0 Å². The van der Waals surface area contributed by atoms with E-state index in [1.165, 1.54) is 7.11 Å². The fourth-order valence-electron chi connectivity index (χ4n) is 5.21. The summed E-state index contributed by atoms with van der Waals surface area (Å²) in [6.07, 6.45) is -1.10. The normalized spacial score (nSPS) is 29.5. The molecule has 33 heavy (non-hydrogen) atoms. The van der Waals surface area contributed by atoms with Crippen LogP contribution in [0.4, 0.5) is 0 Å². The van der Waals surface area contributed by atoms with Crippen molar-refractivity contribution in [2.24, 2.45) is 10.8 Å². The van der Waals surface area contributed by atoms with E-state index in [1.807, 2.05) is 24.3 Å². The van der Waals surface area contributed by atoms with Crippen LogP contribution in [0.1, 0.15) is 55.4 Å². The Morgan fingerprint density at radius 2 is 1.64 bits per heavy atom. The Kier molecular flexibility index (Phi) is 5.16. The predicted molar refractivity (Wildman–Crippen MR) is 119 cm³/mol. The molecule has 2 bridgehead atoms. The Labute approximate surface area is 193 Å². The maximum atomic E-state index is 10.6. The van der Waals surface area contributed by atoms with Gasteiger partial charge in [0.15, 0.2) is 5.41 Å². The molecule has 0 spiro atoms. The lowest BCUT2D eigenvalue weighted by atomic mass is 9.52. The molecular weight excluding hydrogens is 416 g/mol. The fourth-order valence-corrected chi connectivity index (χ4v) is 5.21. The number of benzene rings is 2. The lowest BCUT2D eigenvalue weighted by Gasteiger charge is -2.49. The maximum Gasteiger partial charge on any atom is 0.219 e. The number of rotatable bonds is 4. The molecule has 0 saturated carbocycles. The zero-order valence-corrected chi connectivity index (χ0v) is 18.9. The highest BCUT2D eigenvalue weighted by atomic mass is 16.7. The Hall–Kier alpha value is -3.86. The molecule has 0 radical (unpaired) electrons. The van der Waals surface area contributed by atoms with Crippen LogP contribution >= 0.6 is 0 Å². The minimum absolute atomic E-state index is 0.300. The number of ether oxygens (including phenoxy) is 3. The second-order valence-electron chi connectivity index (χ2n) is 8.89. The topological polar surface area (TPSA) is 123 Å². The van der Waals surface area contributed by atoms with E-state index in [1.54, 1.807) is 31.2 Å². The Bertz CT molecular complexity index is 1220. The monoisotopic (exact) mass is 440 g/mol. The van der Waals surface area contributed by atoms with Gasteiger partial charge in [-0.05, 0) is 23.1 Å². The van der Waals surface area contributed by atoms with Crippen molar-refractivity contribution >= 4 is 5.90 Å². The summed E-state index contributed by atoms with van der Waals surface area (Å²) in [7, 11) is 1.50. The lowest BCUT2D eigenvalue weighted by molar-refractivity contribution is -0.253. The number of fused-ring (bicyclic) bond motifs is 2. The van der Waals surface area contributed by atoms with E-state index < -0.39 is 34.5 Å². The Morgan fingerprint density at radius 3 is 2.18 bits per heavy atom. The number of hydrogen-bond donors (Lipinski definition) is 1. The number of para-hydroxylation sites is 1. The van der Waals surface area contributed by atoms with Crippen molar-refractivity contribution in [3.8, 4) is 24.0 Å². The minimum Gasteiger partial charge on any atom is -0.496 e. The molecule has 166 valence electrons. The number of nitriles is 3.